The highest BCUT2D eigenvalue weighted by Gasteiger charge is 2.20. The molecule has 8 heteroatoms. The minimum absolute atomic E-state index is 0. The lowest BCUT2D eigenvalue weighted by molar-refractivity contribution is -0.140. The third-order valence-corrected chi connectivity index (χ3v) is 4.14. The van der Waals surface area contributed by atoms with Crippen molar-refractivity contribution in [3.8, 4) is 0 Å². The van der Waals surface area contributed by atoms with Gasteiger partial charge in [-0.2, -0.15) is 0 Å². The first-order chi connectivity index (χ1) is 11.6. The van der Waals surface area contributed by atoms with E-state index in [0.29, 0.717) is 6.42 Å². The Morgan fingerprint density at radius 2 is 1.64 bits per heavy atom. The van der Waals surface area contributed by atoms with Crippen LogP contribution in [0.1, 0.15) is 46.0 Å². The number of ether oxygens (including phenoxy) is 1. The summed E-state index contributed by atoms with van der Waals surface area (Å²) >= 11 is 0. The molecule has 0 aliphatic carbocycles. The number of nitrogens with one attached hydrogen (secondary N) is 1. The molecule has 0 spiro atoms. The van der Waals surface area contributed by atoms with Crippen molar-refractivity contribution in [2.24, 2.45) is 4.99 Å². The second-order valence-electron chi connectivity index (χ2n) is 5.97. The molecule has 25 heavy (non-hydrogen) atoms. The maximum atomic E-state index is 11.4. The zero-order valence-corrected chi connectivity index (χ0v) is 18.1. The van der Waals surface area contributed by atoms with Gasteiger partial charge < -0.3 is 19.9 Å². The predicted molar refractivity (Wildman–Crippen MR) is 110 cm³/mol. The second kappa shape index (κ2) is 14.1. The highest BCUT2D eigenvalue weighted by molar-refractivity contribution is 14.0. The van der Waals surface area contributed by atoms with Gasteiger partial charge in [0, 0.05) is 52.6 Å². The molecule has 0 radical (unpaired) electrons. The fourth-order valence-electron chi connectivity index (χ4n) is 2.68. The summed E-state index contributed by atoms with van der Waals surface area (Å²) in [5, 5.41) is 3.33. The van der Waals surface area contributed by atoms with Crippen LogP contribution in [-0.2, 0) is 14.3 Å². The van der Waals surface area contributed by atoms with E-state index in [1.54, 1.807) is 6.92 Å². The van der Waals surface area contributed by atoms with Crippen molar-refractivity contribution in [3.05, 3.63) is 0 Å². The molecule has 0 atom stereocenters. The lowest BCUT2D eigenvalue weighted by Gasteiger charge is -2.36. The van der Waals surface area contributed by atoms with Gasteiger partial charge in [0.1, 0.15) is 0 Å². The van der Waals surface area contributed by atoms with Gasteiger partial charge in [0.25, 0.3) is 0 Å². The van der Waals surface area contributed by atoms with Crippen molar-refractivity contribution in [1.82, 2.24) is 15.1 Å². The van der Waals surface area contributed by atoms with Crippen molar-refractivity contribution in [1.29, 1.82) is 0 Å². The number of aliphatic imine (C=N–C) groups is 1. The van der Waals surface area contributed by atoms with Crippen LogP contribution in [0.15, 0.2) is 4.99 Å². The SMILES string of the molecule is CCNC(=NCCCCCCC(=O)OC)N1CCN(C(C)=O)CC1.I. The Morgan fingerprint density at radius 3 is 2.20 bits per heavy atom. The van der Waals surface area contributed by atoms with Crippen LogP contribution in [0.25, 0.3) is 0 Å². The molecule has 0 saturated carbocycles. The Hall–Kier alpha value is -1.06. The Bertz CT molecular complexity index is 424. The van der Waals surface area contributed by atoms with Gasteiger partial charge in [0.2, 0.25) is 5.91 Å². The molecule has 1 rings (SSSR count). The molecule has 1 saturated heterocycles. The maximum absolute atomic E-state index is 11.4. The summed E-state index contributed by atoms with van der Waals surface area (Å²) in [7, 11) is 1.43. The fraction of sp³-hybridized carbons (Fsp3) is 0.824. The average Bonchev–Trinajstić information content (AvgIpc) is 2.59. The molecular weight excluding hydrogens is 435 g/mol. The van der Waals surface area contributed by atoms with Crippen LogP contribution in [0, 0.1) is 0 Å². The third kappa shape index (κ3) is 9.86. The van der Waals surface area contributed by atoms with Crippen molar-refractivity contribution in [3.63, 3.8) is 0 Å². The number of carbonyl (C=O) groups is 2. The Labute approximate surface area is 168 Å². The summed E-state index contributed by atoms with van der Waals surface area (Å²) in [5.74, 6) is 0.950. The monoisotopic (exact) mass is 468 g/mol. The number of hydrogen-bond acceptors (Lipinski definition) is 4. The predicted octanol–water partition coefficient (Wildman–Crippen LogP) is 1.86. The van der Waals surface area contributed by atoms with E-state index in [1.807, 2.05) is 4.90 Å². The molecule has 1 fully saturated rings. The average molecular weight is 468 g/mol. The van der Waals surface area contributed by atoms with Gasteiger partial charge in [-0.3, -0.25) is 14.6 Å². The number of methoxy groups -OCH3 is 1. The lowest BCUT2D eigenvalue weighted by Crippen LogP contribution is -2.53. The van der Waals surface area contributed by atoms with Gasteiger partial charge in [-0.05, 0) is 19.8 Å². The van der Waals surface area contributed by atoms with Crippen LogP contribution in [0.4, 0.5) is 0 Å². The van der Waals surface area contributed by atoms with E-state index in [0.717, 1.165) is 70.9 Å². The van der Waals surface area contributed by atoms with E-state index in [2.05, 4.69) is 21.9 Å². The number of esters is 1. The first kappa shape index (κ1) is 23.9. The minimum atomic E-state index is -0.132. The number of halogens is 1. The molecular formula is C17H33IN4O3. The Kier molecular flexibility index (Phi) is 13.5. The van der Waals surface area contributed by atoms with E-state index in [9.17, 15) is 9.59 Å². The number of nitrogens with zero attached hydrogens (tertiary/aromatic N) is 3. The molecule has 7 nitrogen and oxygen atoms in total. The first-order valence-electron chi connectivity index (χ1n) is 8.94. The molecule has 0 aromatic heterocycles. The Morgan fingerprint density at radius 1 is 1.04 bits per heavy atom. The van der Waals surface area contributed by atoms with E-state index in [4.69, 9.17) is 4.99 Å². The van der Waals surface area contributed by atoms with Crippen molar-refractivity contribution in [2.45, 2.75) is 46.0 Å². The Balaban J connectivity index is 0.00000576. The van der Waals surface area contributed by atoms with Gasteiger partial charge >= 0.3 is 5.97 Å². The summed E-state index contributed by atoms with van der Waals surface area (Å²) in [6, 6.07) is 0. The summed E-state index contributed by atoms with van der Waals surface area (Å²) < 4.78 is 4.63. The van der Waals surface area contributed by atoms with E-state index in [1.165, 1.54) is 7.11 Å². The molecule has 1 aliphatic rings. The first-order valence-corrected chi connectivity index (χ1v) is 8.94. The molecule has 0 aromatic carbocycles. The molecule has 146 valence electrons. The highest BCUT2D eigenvalue weighted by Crippen LogP contribution is 2.06. The zero-order chi connectivity index (χ0) is 17.8. The number of piperazine rings is 1. The number of amides is 1. The highest BCUT2D eigenvalue weighted by atomic mass is 127. The van der Waals surface area contributed by atoms with E-state index < -0.39 is 0 Å². The lowest BCUT2D eigenvalue weighted by atomic mass is 10.1. The third-order valence-electron chi connectivity index (χ3n) is 4.14. The van der Waals surface area contributed by atoms with Crippen molar-refractivity contribution >= 4 is 41.8 Å². The van der Waals surface area contributed by atoms with Gasteiger partial charge in [0.15, 0.2) is 5.96 Å². The van der Waals surface area contributed by atoms with Gasteiger partial charge in [-0.25, -0.2) is 0 Å². The van der Waals surface area contributed by atoms with E-state index >= 15 is 0 Å². The second-order valence-corrected chi connectivity index (χ2v) is 5.97. The quantitative estimate of drug-likeness (QED) is 0.194. The number of carbonyl (C=O) groups excluding carboxylic acids is 2. The minimum Gasteiger partial charge on any atom is -0.469 e. The number of unbranched alkanes of at least 4 members (excludes halogenated alkanes) is 3. The van der Waals surface area contributed by atoms with Crippen LogP contribution in [0.5, 0.6) is 0 Å². The number of guanidine groups is 1. The molecule has 0 bridgehead atoms. The number of rotatable bonds is 8. The van der Waals surface area contributed by atoms with Gasteiger partial charge in [-0.1, -0.05) is 12.8 Å². The molecule has 0 aromatic rings. The molecule has 1 aliphatic heterocycles. The summed E-state index contributed by atoms with van der Waals surface area (Å²) in [5.41, 5.74) is 0. The molecule has 1 heterocycles. The summed E-state index contributed by atoms with van der Waals surface area (Å²) in [4.78, 5) is 31.2. The van der Waals surface area contributed by atoms with Gasteiger partial charge in [0.05, 0.1) is 7.11 Å². The fourth-order valence-corrected chi connectivity index (χ4v) is 2.68. The maximum Gasteiger partial charge on any atom is 0.305 e. The summed E-state index contributed by atoms with van der Waals surface area (Å²) in [6.07, 6.45) is 4.49. The molecule has 1 N–H and O–H groups in total. The van der Waals surface area contributed by atoms with Crippen molar-refractivity contribution < 1.29 is 14.3 Å². The van der Waals surface area contributed by atoms with Crippen LogP contribution >= 0.6 is 24.0 Å². The smallest absolute Gasteiger partial charge is 0.305 e. The zero-order valence-electron chi connectivity index (χ0n) is 15.8. The van der Waals surface area contributed by atoms with Crippen molar-refractivity contribution in [2.75, 3.05) is 46.4 Å². The summed E-state index contributed by atoms with van der Waals surface area (Å²) in [6.45, 7) is 8.47. The van der Waals surface area contributed by atoms with Crippen LogP contribution in [-0.4, -0.2) is 74.0 Å². The topological polar surface area (TPSA) is 74.2 Å². The van der Waals surface area contributed by atoms with E-state index in [-0.39, 0.29) is 35.9 Å². The normalized spacial score (nSPS) is 14.8. The molecule has 1 amide bonds. The van der Waals surface area contributed by atoms with Crippen LogP contribution in [0.3, 0.4) is 0 Å². The largest absolute Gasteiger partial charge is 0.469 e. The van der Waals surface area contributed by atoms with Gasteiger partial charge in [-0.15, -0.1) is 24.0 Å². The molecule has 0 unspecified atom stereocenters. The van der Waals surface area contributed by atoms with Crippen LogP contribution < -0.4 is 5.32 Å². The standard InChI is InChI=1S/C17H32N4O3.HI/c1-4-18-17(21-13-11-20(12-14-21)15(2)22)19-10-8-6-5-7-9-16(23)24-3;/h4-14H2,1-3H3,(H,18,19);1H. The van der Waals surface area contributed by atoms with Crippen LogP contribution in [0.2, 0.25) is 0 Å². The number of hydrogen-bond donors (Lipinski definition) is 1.